The summed E-state index contributed by atoms with van der Waals surface area (Å²) in [5, 5.41) is 10.0. The standard InChI is InChI=1S/C12H23NO2/c1-2-13-7-8-15-12(9-13)11(14)6-5-10-3-4-10/h10-12,14H,2-9H2,1H3. The number of aliphatic hydroxyl groups is 1. The lowest BCUT2D eigenvalue weighted by molar-refractivity contribution is -0.0899. The maximum Gasteiger partial charge on any atom is 0.0960 e. The maximum atomic E-state index is 10.0. The summed E-state index contributed by atoms with van der Waals surface area (Å²) >= 11 is 0. The molecule has 1 aliphatic heterocycles. The first-order valence-electron chi connectivity index (χ1n) is 6.31. The fourth-order valence-electron chi connectivity index (χ4n) is 2.25. The van der Waals surface area contributed by atoms with E-state index in [4.69, 9.17) is 4.74 Å². The van der Waals surface area contributed by atoms with Gasteiger partial charge < -0.3 is 9.84 Å². The highest BCUT2D eigenvalue weighted by molar-refractivity contribution is 4.80. The molecule has 1 aliphatic carbocycles. The third-order valence-electron chi connectivity index (χ3n) is 3.62. The van der Waals surface area contributed by atoms with Gasteiger partial charge >= 0.3 is 0 Å². The van der Waals surface area contributed by atoms with E-state index >= 15 is 0 Å². The number of likely N-dealkylation sites (N-methyl/N-ethyl adjacent to an activating group) is 1. The third-order valence-corrected chi connectivity index (χ3v) is 3.62. The largest absolute Gasteiger partial charge is 0.390 e. The van der Waals surface area contributed by atoms with Crippen LogP contribution in [0.3, 0.4) is 0 Å². The third kappa shape index (κ3) is 3.44. The molecule has 1 N–H and O–H groups in total. The van der Waals surface area contributed by atoms with Crippen LogP contribution < -0.4 is 0 Å². The summed E-state index contributed by atoms with van der Waals surface area (Å²) in [6, 6.07) is 0. The van der Waals surface area contributed by atoms with Crippen molar-refractivity contribution in [2.45, 2.75) is 44.8 Å². The molecule has 0 spiro atoms. The number of hydrogen-bond acceptors (Lipinski definition) is 3. The predicted octanol–water partition coefficient (Wildman–Crippen LogP) is 1.26. The van der Waals surface area contributed by atoms with Crippen LogP contribution in [0.5, 0.6) is 0 Å². The minimum atomic E-state index is -0.250. The van der Waals surface area contributed by atoms with Crippen LogP contribution in [0.25, 0.3) is 0 Å². The van der Waals surface area contributed by atoms with Gasteiger partial charge in [-0.1, -0.05) is 19.8 Å². The Kier molecular flexibility index (Phi) is 4.00. The summed E-state index contributed by atoms with van der Waals surface area (Å²) in [4.78, 5) is 2.36. The van der Waals surface area contributed by atoms with E-state index in [1.165, 1.54) is 19.3 Å². The van der Waals surface area contributed by atoms with Crippen LogP contribution in [0.4, 0.5) is 0 Å². The topological polar surface area (TPSA) is 32.7 Å². The molecule has 2 atom stereocenters. The van der Waals surface area contributed by atoms with Crippen molar-refractivity contribution in [3.8, 4) is 0 Å². The smallest absolute Gasteiger partial charge is 0.0960 e. The summed E-state index contributed by atoms with van der Waals surface area (Å²) in [5.74, 6) is 0.908. The zero-order chi connectivity index (χ0) is 10.7. The predicted molar refractivity (Wildman–Crippen MR) is 59.8 cm³/mol. The average molecular weight is 213 g/mol. The molecule has 0 aromatic heterocycles. The highest BCUT2D eigenvalue weighted by Crippen LogP contribution is 2.34. The number of hydrogen-bond donors (Lipinski definition) is 1. The fraction of sp³-hybridized carbons (Fsp3) is 1.00. The van der Waals surface area contributed by atoms with Crippen molar-refractivity contribution in [2.24, 2.45) is 5.92 Å². The summed E-state index contributed by atoms with van der Waals surface area (Å²) in [7, 11) is 0. The van der Waals surface area contributed by atoms with E-state index in [1.54, 1.807) is 0 Å². The Balaban J connectivity index is 1.70. The van der Waals surface area contributed by atoms with Gasteiger partial charge in [0.05, 0.1) is 18.8 Å². The van der Waals surface area contributed by atoms with Gasteiger partial charge in [0.15, 0.2) is 0 Å². The van der Waals surface area contributed by atoms with Crippen LogP contribution in [0.15, 0.2) is 0 Å². The van der Waals surface area contributed by atoms with Gasteiger partial charge in [0.25, 0.3) is 0 Å². The van der Waals surface area contributed by atoms with E-state index < -0.39 is 0 Å². The van der Waals surface area contributed by atoms with E-state index in [0.29, 0.717) is 0 Å². The van der Waals surface area contributed by atoms with E-state index in [-0.39, 0.29) is 12.2 Å². The van der Waals surface area contributed by atoms with Gasteiger partial charge in [0, 0.05) is 13.1 Å². The highest BCUT2D eigenvalue weighted by atomic mass is 16.5. The van der Waals surface area contributed by atoms with Crippen molar-refractivity contribution < 1.29 is 9.84 Å². The van der Waals surface area contributed by atoms with Crippen LogP contribution in [-0.4, -0.2) is 48.5 Å². The van der Waals surface area contributed by atoms with Crippen LogP contribution >= 0.6 is 0 Å². The molecule has 2 unspecified atom stereocenters. The van der Waals surface area contributed by atoms with Gasteiger partial charge in [0.1, 0.15) is 0 Å². The summed E-state index contributed by atoms with van der Waals surface area (Å²) in [6.45, 7) is 5.93. The molecule has 2 fully saturated rings. The van der Waals surface area contributed by atoms with E-state index in [1.807, 2.05) is 0 Å². The highest BCUT2D eigenvalue weighted by Gasteiger charge is 2.28. The molecule has 0 aromatic carbocycles. The first kappa shape index (κ1) is 11.4. The molecule has 0 bridgehead atoms. The van der Waals surface area contributed by atoms with Crippen molar-refractivity contribution in [2.75, 3.05) is 26.2 Å². The summed E-state index contributed by atoms with van der Waals surface area (Å²) in [6.07, 6.45) is 4.66. The van der Waals surface area contributed by atoms with E-state index in [0.717, 1.165) is 38.6 Å². The quantitative estimate of drug-likeness (QED) is 0.746. The molecule has 0 aromatic rings. The van der Waals surface area contributed by atoms with Crippen molar-refractivity contribution in [1.82, 2.24) is 4.90 Å². The monoisotopic (exact) mass is 213 g/mol. The second kappa shape index (κ2) is 5.28. The maximum absolute atomic E-state index is 10.0. The molecule has 15 heavy (non-hydrogen) atoms. The Bertz CT molecular complexity index is 194. The number of morpholine rings is 1. The SMILES string of the molecule is CCN1CCOC(C(O)CCC2CC2)C1. The zero-order valence-corrected chi connectivity index (χ0v) is 9.69. The van der Waals surface area contributed by atoms with Crippen molar-refractivity contribution in [3.63, 3.8) is 0 Å². The second-order valence-electron chi connectivity index (χ2n) is 4.89. The molecule has 0 radical (unpaired) electrons. The lowest BCUT2D eigenvalue weighted by Crippen LogP contribution is -2.47. The molecular weight excluding hydrogens is 190 g/mol. The zero-order valence-electron chi connectivity index (χ0n) is 9.69. The van der Waals surface area contributed by atoms with Gasteiger partial charge in [-0.2, -0.15) is 0 Å². The number of aliphatic hydroxyl groups excluding tert-OH is 1. The normalized spacial score (nSPS) is 30.4. The van der Waals surface area contributed by atoms with E-state index in [9.17, 15) is 5.11 Å². The lowest BCUT2D eigenvalue weighted by atomic mass is 10.0. The molecule has 2 aliphatic rings. The molecule has 2 rings (SSSR count). The van der Waals surface area contributed by atoms with Crippen LogP contribution in [-0.2, 0) is 4.74 Å². The molecule has 88 valence electrons. The molecule has 1 heterocycles. The number of ether oxygens (including phenoxy) is 1. The van der Waals surface area contributed by atoms with Gasteiger partial charge in [-0.15, -0.1) is 0 Å². The first-order valence-corrected chi connectivity index (χ1v) is 6.31. The molecule has 0 amide bonds. The van der Waals surface area contributed by atoms with Gasteiger partial charge in [-0.25, -0.2) is 0 Å². The van der Waals surface area contributed by atoms with Gasteiger partial charge in [-0.05, 0) is 25.3 Å². The Hall–Kier alpha value is -0.120. The summed E-state index contributed by atoms with van der Waals surface area (Å²) in [5.41, 5.74) is 0. The van der Waals surface area contributed by atoms with Gasteiger partial charge in [-0.3, -0.25) is 4.90 Å². The Morgan fingerprint density at radius 2 is 2.27 bits per heavy atom. The van der Waals surface area contributed by atoms with Crippen molar-refractivity contribution in [3.05, 3.63) is 0 Å². The molecule has 1 saturated carbocycles. The molecule has 3 heteroatoms. The van der Waals surface area contributed by atoms with Crippen LogP contribution in [0, 0.1) is 5.92 Å². The summed E-state index contributed by atoms with van der Waals surface area (Å²) < 4.78 is 5.63. The minimum absolute atomic E-state index is 0.0532. The molecule has 1 saturated heterocycles. The first-order chi connectivity index (χ1) is 7.29. The Labute approximate surface area is 92.4 Å². The van der Waals surface area contributed by atoms with Crippen LogP contribution in [0.1, 0.15) is 32.6 Å². The van der Waals surface area contributed by atoms with Crippen LogP contribution in [0.2, 0.25) is 0 Å². The molecular formula is C12H23NO2. The average Bonchev–Trinajstić information content (AvgIpc) is 3.10. The van der Waals surface area contributed by atoms with Gasteiger partial charge in [0.2, 0.25) is 0 Å². The number of rotatable bonds is 5. The molecule has 3 nitrogen and oxygen atoms in total. The Morgan fingerprint density at radius 1 is 1.47 bits per heavy atom. The van der Waals surface area contributed by atoms with E-state index in [2.05, 4.69) is 11.8 Å². The lowest BCUT2D eigenvalue weighted by Gasteiger charge is -2.34. The fourth-order valence-corrected chi connectivity index (χ4v) is 2.25. The Morgan fingerprint density at radius 3 is 2.93 bits per heavy atom. The van der Waals surface area contributed by atoms with Crippen molar-refractivity contribution >= 4 is 0 Å². The van der Waals surface area contributed by atoms with Crippen molar-refractivity contribution in [1.29, 1.82) is 0 Å². The second-order valence-corrected chi connectivity index (χ2v) is 4.89. The minimum Gasteiger partial charge on any atom is -0.390 e. The number of nitrogens with zero attached hydrogens (tertiary/aromatic N) is 1.